The number of aliphatic carboxylic acids is 1. The van der Waals surface area contributed by atoms with Crippen molar-refractivity contribution in [1.82, 2.24) is 4.57 Å². The Bertz CT molecular complexity index is 1140. The standard InChI is InChI=1S/C22H18BrN3O3/c1-2-19(22(28)29)26-13-15(18-11-16(23)8-9-20(18)26)10-14(12-24)21(27)25-17-6-4-3-5-7-17/h3-11,13,19H,2H2,1H3,(H,25,27)(H,28,29)/b14-10+. The van der Waals surface area contributed by atoms with Crippen LogP contribution in [0.1, 0.15) is 24.9 Å². The van der Waals surface area contributed by atoms with Crippen LogP contribution < -0.4 is 5.32 Å². The number of hydrogen-bond donors (Lipinski definition) is 2. The minimum absolute atomic E-state index is 0.0729. The summed E-state index contributed by atoms with van der Waals surface area (Å²) in [6.45, 7) is 1.80. The molecule has 0 bridgehead atoms. The molecule has 0 saturated heterocycles. The lowest BCUT2D eigenvalue weighted by Crippen LogP contribution is -2.17. The summed E-state index contributed by atoms with van der Waals surface area (Å²) in [4.78, 5) is 24.2. The minimum Gasteiger partial charge on any atom is -0.480 e. The van der Waals surface area contributed by atoms with Crippen LogP contribution in [0.2, 0.25) is 0 Å². The van der Waals surface area contributed by atoms with Gasteiger partial charge in [-0.2, -0.15) is 5.26 Å². The number of aromatic nitrogens is 1. The number of halogens is 1. The second-order valence-corrected chi connectivity index (χ2v) is 7.32. The number of hydrogen-bond acceptors (Lipinski definition) is 3. The zero-order valence-corrected chi connectivity index (χ0v) is 17.2. The molecule has 1 heterocycles. The van der Waals surface area contributed by atoms with E-state index in [1.807, 2.05) is 30.3 Å². The maximum Gasteiger partial charge on any atom is 0.326 e. The Morgan fingerprint density at radius 2 is 2.00 bits per heavy atom. The van der Waals surface area contributed by atoms with E-state index in [1.54, 1.807) is 42.0 Å². The van der Waals surface area contributed by atoms with Crippen molar-refractivity contribution in [2.24, 2.45) is 0 Å². The van der Waals surface area contributed by atoms with E-state index in [1.165, 1.54) is 6.08 Å². The number of carboxylic acids is 1. The molecule has 2 aromatic carbocycles. The van der Waals surface area contributed by atoms with Crippen LogP contribution in [0.15, 0.2) is 64.8 Å². The molecule has 0 spiro atoms. The van der Waals surface area contributed by atoms with Gasteiger partial charge in [-0.05, 0) is 42.8 Å². The first-order valence-electron chi connectivity index (χ1n) is 8.95. The minimum atomic E-state index is -0.940. The Balaban J connectivity index is 2.08. The molecule has 1 unspecified atom stereocenters. The average molecular weight is 452 g/mol. The fourth-order valence-corrected chi connectivity index (χ4v) is 3.50. The van der Waals surface area contributed by atoms with Crippen LogP contribution in [0, 0.1) is 11.3 Å². The first kappa shape index (κ1) is 20.4. The van der Waals surface area contributed by atoms with E-state index < -0.39 is 17.9 Å². The molecule has 0 aliphatic heterocycles. The Hall–Kier alpha value is -3.37. The van der Waals surface area contributed by atoms with Gasteiger partial charge in [-0.1, -0.05) is 41.1 Å². The van der Waals surface area contributed by atoms with Gasteiger partial charge in [0.1, 0.15) is 17.7 Å². The first-order valence-corrected chi connectivity index (χ1v) is 9.75. The third kappa shape index (κ3) is 4.39. The van der Waals surface area contributed by atoms with Crippen LogP contribution >= 0.6 is 15.9 Å². The Kier molecular flexibility index (Phi) is 6.15. The van der Waals surface area contributed by atoms with Crippen molar-refractivity contribution in [2.75, 3.05) is 5.32 Å². The summed E-state index contributed by atoms with van der Waals surface area (Å²) < 4.78 is 2.48. The largest absolute Gasteiger partial charge is 0.480 e. The number of carboxylic acid groups (broad SMARTS) is 1. The number of carbonyl (C=O) groups is 2. The lowest BCUT2D eigenvalue weighted by molar-refractivity contribution is -0.140. The average Bonchev–Trinajstić information content (AvgIpc) is 3.04. The van der Waals surface area contributed by atoms with Gasteiger partial charge in [0.15, 0.2) is 0 Å². The predicted octanol–water partition coefficient (Wildman–Crippen LogP) is 4.99. The molecule has 1 atom stereocenters. The maximum atomic E-state index is 12.5. The maximum absolute atomic E-state index is 12.5. The molecule has 0 saturated carbocycles. The van der Waals surface area contributed by atoms with E-state index >= 15 is 0 Å². The van der Waals surface area contributed by atoms with Gasteiger partial charge in [0.05, 0.1) is 0 Å². The number of nitrogens with one attached hydrogen (secondary N) is 1. The van der Waals surface area contributed by atoms with E-state index in [4.69, 9.17) is 0 Å². The highest BCUT2D eigenvalue weighted by Crippen LogP contribution is 2.30. The van der Waals surface area contributed by atoms with Crippen LogP contribution in [0.4, 0.5) is 5.69 Å². The van der Waals surface area contributed by atoms with Gasteiger partial charge in [0.25, 0.3) is 5.91 Å². The number of nitriles is 1. The quantitative estimate of drug-likeness (QED) is 0.407. The molecule has 146 valence electrons. The molecule has 29 heavy (non-hydrogen) atoms. The molecule has 0 aliphatic carbocycles. The molecule has 0 aliphatic rings. The Morgan fingerprint density at radius 3 is 2.62 bits per heavy atom. The van der Waals surface area contributed by atoms with E-state index in [0.29, 0.717) is 17.7 Å². The van der Waals surface area contributed by atoms with Crippen LogP contribution in [0.5, 0.6) is 0 Å². The summed E-state index contributed by atoms with van der Waals surface area (Å²) in [5.41, 5.74) is 1.83. The lowest BCUT2D eigenvalue weighted by atomic mass is 10.1. The number of amides is 1. The van der Waals surface area contributed by atoms with Crippen molar-refractivity contribution < 1.29 is 14.7 Å². The summed E-state index contributed by atoms with van der Waals surface area (Å²) in [5.74, 6) is -1.47. The summed E-state index contributed by atoms with van der Waals surface area (Å²) in [6.07, 6.45) is 3.56. The summed E-state index contributed by atoms with van der Waals surface area (Å²) in [6, 6.07) is 15.5. The van der Waals surface area contributed by atoms with Gasteiger partial charge in [0.2, 0.25) is 0 Å². The van der Waals surface area contributed by atoms with Crippen molar-refractivity contribution in [2.45, 2.75) is 19.4 Å². The summed E-state index contributed by atoms with van der Waals surface area (Å²) in [7, 11) is 0. The number of rotatable bonds is 6. The third-order valence-electron chi connectivity index (χ3n) is 4.53. The first-order chi connectivity index (χ1) is 13.9. The zero-order valence-electron chi connectivity index (χ0n) is 15.6. The molecule has 3 rings (SSSR count). The summed E-state index contributed by atoms with van der Waals surface area (Å²) >= 11 is 3.42. The van der Waals surface area contributed by atoms with Crippen molar-refractivity contribution in [3.05, 3.63) is 70.3 Å². The number of anilines is 1. The van der Waals surface area contributed by atoms with Gasteiger partial charge in [-0.3, -0.25) is 4.79 Å². The van der Waals surface area contributed by atoms with Gasteiger partial charge in [-0.15, -0.1) is 0 Å². The van der Waals surface area contributed by atoms with Crippen LogP contribution in [0.25, 0.3) is 17.0 Å². The number of para-hydroxylation sites is 1. The van der Waals surface area contributed by atoms with Crippen molar-refractivity contribution in [1.29, 1.82) is 5.26 Å². The smallest absolute Gasteiger partial charge is 0.326 e. The fraction of sp³-hybridized carbons (Fsp3) is 0.136. The van der Waals surface area contributed by atoms with Gasteiger partial charge < -0.3 is 15.0 Å². The van der Waals surface area contributed by atoms with Crippen molar-refractivity contribution in [3.8, 4) is 6.07 Å². The monoisotopic (exact) mass is 451 g/mol. The molecule has 0 fully saturated rings. The molecule has 6 nitrogen and oxygen atoms in total. The van der Waals surface area contributed by atoms with Gasteiger partial charge in [0, 0.05) is 32.8 Å². The van der Waals surface area contributed by atoms with Crippen molar-refractivity contribution >= 4 is 50.5 Å². The number of benzene rings is 2. The fourth-order valence-electron chi connectivity index (χ4n) is 3.14. The number of carbonyl (C=O) groups excluding carboxylic acids is 1. The highest BCUT2D eigenvalue weighted by molar-refractivity contribution is 9.10. The van der Waals surface area contributed by atoms with E-state index in [-0.39, 0.29) is 5.57 Å². The van der Waals surface area contributed by atoms with E-state index in [0.717, 1.165) is 15.4 Å². The zero-order chi connectivity index (χ0) is 21.0. The second kappa shape index (κ2) is 8.76. The van der Waals surface area contributed by atoms with Crippen LogP contribution in [-0.4, -0.2) is 21.6 Å². The predicted molar refractivity (Wildman–Crippen MR) is 115 cm³/mol. The third-order valence-corrected chi connectivity index (χ3v) is 5.02. The van der Waals surface area contributed by atoms with Crippen LogP contribution in [-0.2, 0) is 9.59 Å². The Labute approximate surface area is 176 Å². The topological polar surface area (TPSA) is 95.1 Å². The van der Waals surface area contributed by atoms with E-state index in [9.17, 15) is 20.0 Å². The molecule has 2 N–H and O–H groups in total. The molecule has 0 radical (unpaired) electrons. The second-order valence-electron chi connectivity index (χ2n) is 6.41. The molecular formula is C22H18BrN3O3. The Morgan fingerprint density at radius 1 is 1.28 bits per heavy atom. The highest BCUT2D eigenvalue weighted by atomic mass is 79.9. The molecule has 1 aromatic heterocycles. The van der Waals surface area contributed by atoms with E-state index in [2.05, 4.69) is 21.2 Å². The van der Waals surface area contributed by atoms with Crippen LogP contribution in [0.3, 0.4) is 0 Å². The van der Waals surface area contributed by atoms with Gasteiger partial charge >= 0.3 is 5.97 Å². The normalized spacial score (nSPS) is 12.4. The lowest BCUT2D eigenvalue weighted by Gasteiger charge is -2.13. The molecule has 7 heteroatoms. The molecular weight excluding hydrogens is 434 g/mol. The summed E-state index contributed by atoms with van der Waals surface area (Å²) in [5, 5.41) is 22.5. The molecule has 1 amide bonds. The highest BCUT2D eigenvalue weighted by Gasteiger charge is 2.21. The van der Waals surface area contributed by atoms with Gasteiger partial charge in [-0.25, -0.2) is 4.79 Å². The number of fused-ring (bicyclic) bond motifs is 1. The molecule has 3 aromatic rings. The SMILES string of the molecule is CCC(C(=O)O)n1cc(/C=C(\C#N)C(=O)Nc2ccccc2)c2cc(Br)ccc21. The van der Waals surface area contributed by atoms with Crippen molar-refractivity contribution in [3.63, 3.8) is 0 Å². The number of nitrogens with zero attached hydrogens (tertiary/aromatic N) is 2.